The SMILES string of the molecule is CC.COC(=O)C(C)(C)C(c1ccccc1)c1ccc(Br)cc1. The second kappa shape index (κ2) is 8.88. The van der Waals surface area contributed by atoms with Gasteiger partial charge in [-0.15, -0.1) is 0 Å². The van der Waals surface area contributed by atoms with Crippen molar-refractivity contribution in [3.05, 3.63) is 70.2 Å². The Balaban J connectivity index is 0.00000127. The molecule has 1 atom stereocenters. The molecule has 0 N–H and O–H groups in total. The molecule has 0 spiro atoms. The standard InChI is InChI=1S/C18H19BrO2.C2H6/c1-18(2,17(20)21-3)16(13-7-5-4-6-8-13)14-9-11-15(19)12-10-14;1-2/h4-12,16H,1-3H3;1-2H3. The quantitative estimate of drug-likeness (QED) is 0.629. The number of halogens is 1. The smallest absolute Gasteiger partial charge is 0.312 e. The summed E-state index contributed by atoms with van der Waals surface area (Å²) in [7, 11) is 1.44. The Morgan fingerprint density at radius 1 is 0.957 bits per heavy atom. The lowest BCUT2D eigenvalue weighted by Crippen LogP contribution is -2.33. The molecule has 2 rings (SSSR count). The van der Waals surface area contributed by atoms with E-state index in [0.29, 0.717) is 0 Å². The van der Waals surface area contributed by atoms with Crippen molar-refractivity contribution in [2.24, 2.45) is 5.41 Å². The first-order chi connectivity index (χ1) is 11.0. The third kappa shape index (κ3) is 4.68. The van der Waals surface area contributed by atoms with Crippen LogP contribution in [0.15, 0.2) is 59.1 Å². The summed E-state index contributed by atoms with van der Waals surface area (Å²) in [5.74, 6) is -0.265. The summed E-state index contributed by atoms with van der Waals surface area (Å²) in [5, 5.41) is 0. The number of methoxy groups -OCH3 is 1. The average molecular weight is 377 g/mol. The summed E-state index contributed by atoms with van der Waals surface area (Å²) >= 11 is 3.45. The molecule has 0 aliphatic carbocycles. The molecule has 23 heavy (non-hydrogen) atoms. The number of carbonyl (C=O) groups is 1. The Morgan fingerprint density at radius 3 is 1.91 bits per heavy atom. The molecule has 0 saturated carbocycles. The number of hydrogen-bond acceptors (Lipinski definition) is 2. The van der Waals surface area contributed by atoms with Gasteiger partial charge in [0.2, 0.25) is 0 Å². The fourth-order valence-corrected chi connectivity index (χ4v) is 2.97. The van der Waals surface area contributed by atoms with E-state index >= 15 is 0 Å². The van der Waals surface area contributed by atoms with Gasteiger partial charge in [-0.3, -0.25) is 4.79 Å². The Hall–Kier alpha value is -1.61. The van der Waals surface area contributed by atoms with Crippen molar-refractivity contribution in [1.29, 1.82) is 0 Å². The lowest BCUT2D eigenvalue weighted by molar-refractivity contribution is -0.151. The van der Waals surface area contributed by atoms with Crippen LogP contribution in [-0.2, 0) is 9.53 Å². The first-order valence-electron chi connectivity index (χ1n) is 7.85. The predicted octanol–water partition coefficient (Wildman–Crippen LogP) is 5.81. The second-order valence-electron chi connectivity index (χ2n) is 5.61. The molecule has 0 fully saturated rings. The summed E-state index contributed by atoms with van der Waals surface area (Å²) in [6, 6.07) is 18.2. The molecule has 0 aliphatic rings. The van der Waals surface area contributed by atoms with Gasteiger partial charge in [0, 0.05) is 10.4 Å². The molecule has 2 aromatic rings. The highest BCUT2D eigenvalue weighted by Gasteiger charge is 2.39. The first kappa shape index (κ1) is 19.4. The van der Waals surface area contributed by atoms with Gasteiger partial charge in [0.05, 0.1) is 12.5 Å². The van der Waals surface area contributed by atoms with E-state index in [0.717, 1.165) is 15.6 Å². The van der Waals surface area contributed by atoms with Gasteiger partial charge in [0.1, 0.15) is 0 Å². The summed E-state index contributed by atoms with van der Waals surface area (Å²) < 4.78 is 6.04. The second-order valence-corrected chi connectivity index (χ2v) is 6.52. The third-order valence-electron chi connectivity index (χ3n) is 3.77. The zero-order valence-corrected chi connectivity index (χ0v) is 16.1. The normalized spacial score (nSPS) is 11.9. The molecule has 0 heterocycles. The maximum absolute atomic E-state index is 12.3. The van der Waals surface area contributed by atoms with Crippen molar-refractivity contribution in [1.82, 2.24) is 0 Å². The van der Waals surface area contributed by atoms with Crippen LogP contribution in [0.25, 0.3) is 0 Å². The Kier molecular flexibility index (Phi) is 7.50. The van der Waals surface area contributed by atoms with Crippen LogP contribution in [0.4, 0.5) is 0 Å². The molecule has 124 valence electrons. The van der Waals surface area contributed by atoms with Crippen LogP contribution >= 0.6 is 15.9 Å². The van der Waals surface area contributed by atoms with E-state index in [1.54, 1.807) is 0 Å². The number of hydrogen-bond donors (Lipinski definition) is 0. The highest BCUT2D eigenvalue weighted by molar-refractivity contribution is 9.10. The van der Waals surface area contributed by atoms with Gasteiger partial charge in [-0.1, -0.05) is 72.2 Å². The number of carbonyl (C=O) groups excluding carboxylic acids is 1. The van der Waals surface area contributed by atoms with Crippen molar-refractivity contribution in [2.45, 2.75) is 33.6 Å². The van der Waals surface area contributed by atoms with Gasteiger partial charge >= 0.3 is 5.97 Å². The van der Waals surface area contributed by atoms with E-state index in [2.05, 4.69) is 28.1 Å². The maximum atomic E-state index is 12.3. The Bertz CT molecular complexity index is 603. The fourth-order valence-electron chi connectivity index (χ4n) is 2.71. The van der Waals surface area contributed by atoms with Crippen molar-refractivity contribution >= 4 is 21.9 Å². The molecule has 0 saturated heterocycles. The summed E-state index contributed by atoms with van der Waals surface area (Å²) in [6.45, 7) is 7.86. The topological polar surface area (TPSA) is 26.3 Å². The van der Waals surface area contributed by atoms with Gasteiger partial charge in [0.15, 0.2) is 0 Å². The van der Waals surface area contributed by atoms with E-state index in [4.69, 9.17) is 4.74 Å². The molecular weight excluding hydrogens is 352 g/mol. The van der Waals surface area contributed by atoms with Gasteiger partial charge in [-0.2, -0.15) is 0 Å². The van der Waals surface area contributed by atoms with E-state index in [-0.39, 0.29) is 11.9 Å². The summed E-state index contributed by atoms with van der Waals surface area (Å²) in [4.78, 5) is 12.3. The average Bonchev–Trinajstić information content (AvgIpc) is 2.58. The minimum absolute atomic E-state index is 0.0563. The highest BCUT2D eigenvalue weighted by Crippen LogP contribution is 2.41. The number of benzene rings is 2. The van der Waals surface area contributed by atoms with E-state index in [1.807, 2.05) is 70.2 Å². The number of ether oxygens (including phenoxy) is 1. The minimum Gasteiger partial charge on any atom is -0.469 e. The van der Waals surface area contributed by atoms with Crippen LogP contribution < -0.4 is 0 Å². The lowest BCUT2D eigenvalue weighted by Gasteiger charge is -2.32. The Morgan fingerprint density at radius 2 is 1.43 bits per heavy atom. The molecule has 2 aromatic carbocycles. The summed E-state index contributed by atoms with van der Waals surface area (Å²) in [6.07, 6.45) is 0. The highest BCUT2D eigenvalue weighted by atomic mass is 79.9. The van der Waals surface area contributed by atoms with Gasteiger partial charge < -0.3 is 4.74 Å². The van der Waals surface area contributed by atoms with Crippen LogP contribution in [0.2, 0.25) is 0 Å². The van der Waals surface area contributed by atoms with E-state index in [1.165, 1.54) is 7.11 Å². The Labute approximate surface area is 148 Å². The molecule has 0 aliphatic heterocycles. The first-order valence-corrected chi connectivity index (χ1v) is 8.65. The summed E-state index contributed by atoms with van der Waals surface area (Å²) in [5.41, 5.74) is 1.55. The van der Waals surface area contributed by atoms with Gasteiger partial charge in [0.25, 0.3) is 0 Å². The van der Waals surface area contributed by atoms with E-state index < -0.39 is 5.41 Å². The van der Waals surface area contributed by atoms with E-state index in [9.17, 15) is 4.79 Å². The van der Waals surface area contributed by atoms with Crippen LogP contribution in [0.3, 0.4) is 0 Å². The monoisotopic (exact) mass is 376 g/mol. The van der Waals surface area contributed by atoms with Gasteiger partial charge in [-0.05, 0) is 37.1 Å². The third-order valence-corrected chi connectivity index (χ3v) is 4.30. The molecule has 1 unspecified atom stereocenters. The van der Waals surface area contributed by atoms with Crippen molar-refractivity contribution in [3.63, 3.8) is 0 Å². The lowest BCUT2D eigenvalue weighted by atomic mass is 9.71. The van der Waals surface area contributed by atoms with Crippen molar-refractivity contribution < 1.29 is 9.53 Å². The molecule has 0 bridgehead atoms. The van der Waals surface area contributed by atoms with Gasteiger partial charge in [-0.25, -0.2) is 0 Å². The zero-order valence-electron chi connectivity index (χ0n) is 14.5. The number of rotatable bonds is 4. The van der Waals surface area contributed by atoms with Crippen LogP contribution in [0, 0.1) is 5.41 Å². The number of esters is 1. The zero-order chi connectivity index (χ0) is 17.5. The molecule has 0 radical (unpaired) electrons. The maximum Gasteiger partial charge on any atom is 0.312 e. The fraction of sp³-hybridized carbons (Fsp3) is 0.350. The largest absolute Gasteiger partial charge is 0.469 e. The van der Waals surface area contributed by atoms with Crippen molar-refractivity contribution in [3.8, 4) is 0 Å². The minimum atomic E-state index is -0.649. The van der Waals surface area contributed by atoms with Crippen LogP contribution in [0.1, 0.15) is 44.7 Å². The van der Waals surface area contributed by atoms with Crippen LogP contribution in [-0.4, -0.2) is 13.1 Å². The molecule has 0 aromatic heterocycles. The van der Waals surface area contributed by atoms with Crippen LogP contribution in [0.5, 0.6) is 0 Å². The molecule has 2 nitrogen and oxygen atoms in total. The predicted molar refractivity (Wildman–Crippen MR) is 99.6 cm³/mol. The molecular formula is C20H25BrO2. The molecule has 3 heteroatoms. The van der Waals surface area contributed by atoms with Crippen molar-refractivity contribution in [2.75, 3.05) is 7.11 Å². The molecule has 0 amide bonds.